The van der Waals surface area contributed by atoms with Gasteiger partial charge in [0.15, 0.2) is 0 Å². The van der Waals surface area contributed by atoms with Crippen molar-refractivity contribution < 1.29 is 18.0 Å². The number of nitrogens with one attached hydrogen (secondary N) is 2. The third-order valence-electron chi connectivity index (χ3n) is 2.93. The van der Waals surface area contributed by atoms with Crippen LogP contribution in [0.4, 0.5) is 0 Å². The van der Waals surface area contributed by atoms with Gasteiger partial charge < -0.3 is 0 Å². The highest BCUT2D eigenvalue weighted by atomic mass is 35.5. The highest BCUT2D eigenvalue weighted by molar-refractivity contribution is 7.91. The lowest BCUT2D eigenvalue weighted by Crippen LogP contribution is -2.46. The first-order valence-electron chi connectivity index (χ1n) is 6.66. The molecular weight excluding hydrogens is 374 g/mol. The van der Waals surface area contributed by atoms with E-state index in [2.05, 4.69) is 10.9 Å². The van der Waals surface area contributed by atoms with Crippen molar-refractivity contribution in [1.29, 1.82) is 0 Å². The van der Waals surface area contributed by atoms with Crippen molar-refractivity contribution in [3.63, 3.8) is 0 Å². The molecule has 2 aromatic rings. The predicted molar refractivity (Wildman–Crippen MR) is 91.2 cm³/mol. The van der Waals surface area contributed by atoms with Crippen LogP contribution in [0.25, 0.3) is 0 Å². The average molecular weight is 388 g/mol. The fourth-order valence-corrected chi connectivity index (χ4v) is 4.53. The van der Waals surface area contributed by atoms with Crippen LogP contribution < -0.4 is 10.9 Å². The molecule has 0 unspecified atom stereocenters. The van der Waals surface area contributed by atoms with Crippen LogP contribution in [0.3, 0.4) is 0 Å². The van der Waals surface area contributed by atoms with Gasteiger partial charge in [0.1, 0.15) is 4.21 Å². The molecule has 0 radical (unpaired) electrons. The van der Waals surface area contributed by atoms with E-state index in [4.69, 9.17) is 11.6 Å². The Morgan fingerprint density at radius 1 is 1.12 bits per heavy atom. The molecule has 0 spiro atoms. The summed E-state index contributed by atoms with van der Waals surface area (Å²) in [6.07, 6.45) is 0. The number of benzene rings is 1. The molecule has 7 nitrogen and oxygen atoms in total. The van der Waals surface area contributed by atoms with E-state index in [1.165, 1.54) is 19.2 Å². The van der Waals surface area contributed by atoms with Crippen molar-refractivity contribution in [2.75, 3.05) is 13.6 Å². The molecule has 0 fully saturated rings. The standard InChI is InChI=1S/C14H14ClN3O4S2/c1-18(24(21,22)13-8-7-11(15)23-13)9-12(19)16-17-14(20)10-5-3-2-4-6-10/h2-8H,9H2,1H3,(H,16,19)(H,17,20). The lowest BCUT2D eigenvalue weighted by atomic mass is 10.2. The van der Waals surface area contributed by atoms with Crippen LogP contribution in [0.5, 0.6) is 0 Å². The van der Waals surface area contributed by atoms with Crippen molar-refractivity contribution in [2.24, 2.45) is 0 Å². The Balaban J connectivity index is 1.91. The summed E-state index contributed by atoms with van der Waals surface area (Å²) in [5.41, 5.74) is 4.76. The Kier molecular flexibility index (Phi) is 5.94. The van der Waals surface area contributed by atoms with Crippen LogP contribution in [0, 0.1) is 0 Å². The van der Waals surface area contributed by atoms with E-state index >= 15 is 0 Å². The zero-order chi connectivity index (χ0) is 17.7. The van der Waals surface area contributed by atoms with Gasteiger partial charge in [-0.25, -0.2) is 8.42 Å². The molecule has 10 heteroatoms. The molecule has 1 heterocycles. The normalized spacial score (nSPS) is 11.3. The molecular formula is C14H14ClN3O4S2. The van der Waals surface area contributed by atoms with E-state index in [9.17, 15) is 18.0 Å². The topological polar surface area (TPSA) is 95.6 Å². The van der Waals surface area contributed by atoms with E-state index in [0.717, 1.165) is 15.6 Å². The first kappa shape index (κ1) is 18.4. The number of carbonyl (C=O) groups excluding carboxylic acids is 2. The number of sulfonamides is 1. The fraction of sp³-hybridized carbons (Fsp3) is 0.143. The maximum atomic E-state index is 12.3. The second-order valence-electron chi connectivity index (χ2n) is 4.69. The smallest absolute Gasteiger partial charge is 0.269 e. The SMILES string of the molecule is CN(CC(=O)NNC(=O)c1ccccc1)S(=O)(=O)c1ccc(Cl)s1. The quantitative estimate of drug-likeness (QED) is 0.759. The number of hydrogen-bond donors (Lipinski definition) is 2. The molecule has 1 aromatic heterocycles. The predicted octanol–water partition coefficient (Wildman–Crippen LogP) is 1.48. The second-order valence-corrected chi connectivity index (χ2v) is 8.67. The minimum absolute atomic E-state index is 0.0381. The third-order valence-corrected chi connectivity index (χ3v) is 6.43. The Hall–Kier alpha value is -1.94. The number of amides is 2. The molecule has 0 aliphatic rings. The highest BCUT2D eigenvalue weighted by Gasteiger charge is 2.24. The summed E-state index contributed by atoms with van der Waals surface area (Å²) in [5.74, 6) is -1.17. The molecule has 0 atom stereocenters. The summed E-state index contributed by atoms with van der Waals surface area (Å²) in [7, 11) is -2.54. The number of rotatable bonds is 5. The molecule has 0 saturated carbocycles. The van der Waals surface area contributed by atoms with Gasteiger partial charge in [-0.15, -0.1) is 11.3 Å². The number of hydrogen-bond acceptors (Lipinski definition) is 5. The molecule has 1 aromatic carbocycles. The van der Waals surface area contributed by atoms with Gasteiger partial charge in [-0.1, -0.05) is 29.8 Å². The molecule has 2 N–H and O–H groups in total. The van der Waals surface area contributed by atoms with Crippen LogP contribution >= 0.6 is 22.9 Å². The summed E-state index contributed by atoms with van der Waals surface area (Å²) >= 11 is 6.63. The van der Waals surface area contributed by atoms with Gasteiger partial charge in [-0.05, 0) is 24.3 Å². The van der Waals surface area contributed by atoms with E-state index in [-0.39, 0.29) is 4.21 Å². The fourth-order valence-electron chi connectivity index (χ4n) is 1.70. The summed E-state index contributed by atoms with van der Waals surface area (Å²) < 4.78 is 25.7. The van der Waals surface area contributed by atoms with Crippen LogP contribution in [0.2, 0.25) is 4.34 Å². The largest absolute Gasteiger partial charge is 0.272 e. The van der Waals surface area contributed by atoms with Gasteiger partial charge in [0.05, 0.1) is 10.9 Å². The van der Waals surface area contributed by atoms with Gasteiger partial charge in [0.25, 0.3) is 21.8 Å². The molecule has 0 bridgehead atoms. The van der Waals surface area contributed by atoms with E-state index < -0.39 is 28.4 Å². The van der Waals surface area contributed by atoms with E-state index in [1.807, 2.05) is 0 Å². The van der Waals surface area contributed by atoms with Gasteiger partial charge in [0.2, 0.25) is 0 Å². The summed E-state index contributed by atoms with van der Waals surface area (Å²) in [6, 6.07) is 11.1. The number of nitrogens with zero attached hydrogens (tertiary/aromatic N) is 1. The monoisotopic (exact) mass is 387 g/mol. The lowest BCUT2D eigenvalue weighted by molar-refractivity contribution is -0.121. The van der Waals surface area contributed by atoms with Gasteiger partial charge in [0, 0.05) is 12.6 Å². The molecule has 2 amide bonds. The van der Waals surface area contributed by atoms with Crippen molar-refractivity contribution in [3.05, 3.63) is 52.4 Å². The molecule has 0 saturated heterocycles. The summed E-state index contributed by atoms with van der Waals surface area (Å²) in [4.78, 5) is 23.6. The Labute approximate surface area is 148 Å². The van der Waals surface area contributed by atoms with Gasteiger partial charge in [-0.3, -0.25) is 20.4 Å². The Morgan fingerprint density at radius 2 is 1.79 bits per heavy atom. The number of carbonyl (C=O) groups is 2. The Bertz CT molecular complexity index is 837. The summed E-state index contributed by atoms with van der Waals surface area (Å²) in [6.45, 7) is -0.451. The summed E-state index contributed by atoms with van der Waals surface area (Å²) in [5, 5.41) is 0. The number of halogens is 1. The van der Waals surface area contributed by atoms with Crippen LogP contribution in [-0.2, 0) is 14.8 Å². The second kappa shape index (κ2) is 7.75. The van der Waals surface area contributed by atoms with Gasteiger partial charge >= 0.3 is 0 Å². The van der Waals surface area contributed by atoms with Crippen LogP contribution in [0.1, 0.15) is 10.4 Å². The molecule has 0 aliphatic carbocycles. The van der Waals surface area contributed by atoms with Crippen molar-refractivity contribution >= 4 is 44.8 Å². The average Bonchev–Trinajstić information content (AvgIpc) is 3.00. The van der Waals surface area contributed by atoms with Crippen LogP contribution in [0.15, 0.2) is 46.7 Å². The van der Waals surface area contributed by atoms with Crippen molar-refractivity contribution in [1.82, 2.24) is 15.2 Å². The Morgan fingerprint density at radius 3 is 2.38 bits per heavy atom. The molecule has 128 valence electrons. The number of likely N-dealkylation sites (N-methyl/N-ethyl adjacent to an activating group) is 1. The maximum absolute atomic E-state index is 12.3. The van der Waals surface area contributed by atoms with Crippen LogP contribution in [-0.4, -0.2) is 38.1 Å². The third kappa shape index (κ3) is 4.54. The zero-order valence-corrected chi connectivity index (χ0v) is 14.9. The minimum atomic E-state index is -3.81. The van der Waals surface area contributed by atoms with E-state index in [1.54, 1.807) is 30.3 Å². The van der Waals surface area contributed by atoms with E-state index in [0.29, 0.717) is 9.90 Å². The van der Waals surface area contributed by atoms with Gasteiger partial charge in [-0.2, -0.15) is 4.31 Å². The maximum Gasteiger partial charge on any atom is 0.269 e. The minimum Gasteiger partial charge on any atom is -0.272 e. The highest BCUT2D eigenvalue weighted by Crippen LogP contribution is 2.27. The van der Waals surface area contributed by atoms with Crippen molar-refractivity contribution in [2.45, 2.75) is 4.21 Å². The van der Waals surface area contributed by atoms with Crippen molar-refractivity contribution in [3.8, 4) is 0 Å². The molecule has 24 heavy (non-hydrogen) atoms. The first-order valence-corrected chi connectivity index (χ1v) is 9.30. The number of thiophene rings is 1. The number of hydrazine groups is 1. The zero-order valence-electron chi connectivity index (χ0n) is 12.5. The molecule has 0 aliphatic heterocycles. The molecule has 2 rings (SSSR count). The first-order chi connectivity index (χ1) is 11.3. The lowest BCUT2D eigenvalue weighted by Gasteiger charge is -2.15.